The minimum absolute atomic E-state index is 0.0716. The molecule has 0 unspecified atom stereocenters. The van der Waals surface area contributed by atoms with Gasteiger partial charge >= 0.3 is 0 Å². The molecule has 4 rings (SSSR count). The molecule has 1 N–H and O–H groups in total. The van der Waals surface area contributed by atoms with Crippen LogP contribution >= 0.6 is 0 Å². The van der Waals surface area contributed by atoms with E-state index in [4.69, 9.17) is 4.52 Å². The number of sulfonamides is 1. The van der Waals surface area contributed by atoms with Gasteiger partial charge in [-0.15, -0.1) is 0 Å². The van der Waals surface area contributed by atoms with Gasteiger partial charge in [0.25, 0.3) is 0 Å². The molecule has 0 aliphatic carbocycles. The molecule has 0 saturated carbocycles. The largest absolute Gasteiger partial charge is 0.355 e. The Kier molecular flexibility index (Phi) is 7.71. The number of amides is 1. The molecule has 3 aromatic rings. The van der Waals surface area contributed by atoms with Crippen molar-refractivity contribution in [3.05, 3.63) is 75.2 Å². The highest BCUT2D eigenvalue weighted by atomic mass is 32.2. The van der Waals surface area contributed by atoms with E-state index in [2.05, 4.69) is 22.6 Å². The monoisotopic (exact) mass is 521 g/mol. The Morgan fingerprint density at radius 1 is 0.946 bits per heavy atom. The van der Waals surface area contributed by atoms with Crippen LogP contribution in [0.4, 0.5) is 5.69 Å². The Morgan fingerprint density at radius 2 is 1.57 bits per heavy atom. The summed E-state index contributed by atoms with van der Waals surface area (Å²) in [5.74, 6) is -0.105. The Hall–Kier alpha value is -3.23. The fourth-order valence-corrected chi connectivity index (χ4v) is 6.81. The topological polar surface area (TPSA) is 92.5 Å². The second kappa shape index (κ2) is 10.6. The third-order valence-electron chi connectivity index (χ3n) is 7.04. The molecular weight excluding hydrogens is 486 g/mol. The predicted octanol–water partition coefficient (Wildman–Crippen LogP) is 5.73. The number of piperidine rings is 1. The molecule has 1 aliphatic heterocycles. The molecule has 1 saturated heterocycles. The fraction of sp³-hybridized carbons (Fsp3) is 0.379. The number of benzene rings is 2. The Balaban J connectivity index is 1.48. The van der Waals surface area contributed by atoms with Crippen LogP contribution in [-0.2, 0) is 14.8 Å². The van der Waals surface area contributed by atoms with Crippen LogP contribution in [0, 0.1) is 47.5 Å². The first-order valence-electron chi connectivity index (χ1n) is 12.6. The zero-order valence-corrected chi connectivity index (χ0v) is 23.2. The lowest BCUT2D eigenvalue weighted by Gasteiger charge is -2.30. The van der Waals surface area contributed by atoms with Crippen molar-refractivity contribution < 1.29 is 17.7 Å². The van der Waals surface area contributed by atoms with Crippen LogP contribution < -0.4 is 5.32 Å². The van der Waals surface area contributed by atoms with Gasteiger partial charge in [0.2, 0.25) is 15.9 Å². The normalized spacial score (nSPS) is 15.4. The third kappa shape index (κ3) is 5.70. The number of aromatic nitrogens is 1. The van der Waals surface area contributed by atoms with E-state index in [1.54, 1.807) is 13.0 Å². The van der Waals surface area contributed by atoms with E-state index < -0.39 is 10.0 Å². The lowest BCUT2D eigenvalue weighted by molar-refractivity contribution is -0.120. The molecule has 2 heterocycles. The summed E-state index contributed by atoms with van der Waals surface area (Å²) in [6.07, 6.45) is 4.47. The van der Waals surface area contributed by atoms with Gasteiger partial charge in [-0.05, 0) is 88.8 Å². The summed E-state index contributed by atoms with van der Waals surface area (Å²) in [6, 6.07) is 10.1. The van der Waals surface area contributed by atoms with Crippen LogP contribution in [0.15, 0.2) is 39.8 Å². The van der Waals surface area contributed by atoms with Gasteiger partial charge in [-0.3, -0.25) is 4.79 Å². The predicted molar refractivity (Wildman–Crippen MR) is 147 cm³/mol. The molecule has 196 valence electrons. The van der Waals surface area contributed by atoms with E-state index in [9.17, 15) is 13.2 Å². The van der Waals surface area contributed by atoms with Gasteiger partial charge < -0.3 is 9.84 Å². The molecule has 1 aliphatic rings. The maximum Gasteiger partial charge on any atom is 0.248 e. The highest BCUT2D eigenvalue weighted by Gasteiger charge is 2.36. The van der Waals surface area contributed by atoms with Crippen LogP contribution in [-0.4, -0.2) is 36.9 Å². The van der Waals surface area contributed by atoms with E-state index in [-0.39, 0.29) is 35.6 Å². The highest BCUT2D eigenvalue weighted by molar-refractivity contribution is 7.89. The number of carbonyl (C=O) groups excluding carboxylic acids is 1. The summed E-state index contributed by atoms with van der Waals surface area (Å²) >= 11 is 0. The first-order valence-corrected chi connectivity index (χ1v) is 14.0. The molecule has 0 radical (unpaired) electrons. The number of hydrogen-bond donors (Lipinski definition) is 1. The lowest BCUT2D eigenvalue weighted by Crippen LogP contribution is -2.41. The summed E-state index contributed by atoms with van der Waals surface area (Å²) in [5.41, 5.74) is 7.68. The quantitative estimate of drug-likeness (QED) is 0.447. The van der Waals surface area contributed by atoms with Crippen molar-refractivity contribution in [2.45, 2.75) is 59.3 Å². The summed E-state index contributed by atoms with van der Waals surface area (Å²) in [6.45, 7) is 12.3. The van der Waals surface area contributed by atoms with Crippen molar-refractivity contribution in [2.24, 2.45) is 5.92 Å². The van der Waals surface area contributed by atoms with Crippen LogP contribution in [0.1, 0.15) is 57.7 Å². The molecule has 1 aromatic heterocycles. The fourth-order valence-electron chi connectivity index (χ4n) is 5.09. The van der Waals surface area contributed by atoms with E-state index >= 15 is 0 Å². The Labute approximate surface area is 219 Å². The van der Waals surface area contributed by atoms with E-state index in [1.165, 1.54) is 9.87 Å². The SMILES string of the molecule is Cc1ccc(NC(=O)C2CCN(S(=O)(=O)c3c(C)noc3C=Cc3c(C)cc(C)cc3C)CC2)c(C)c1. The van der Waals surface area contributed by atoms with Gasteiger partial charge in [-0.2, -0.15) is 4.31 Å². The number of rotatable bonds is 6. The number of hydrogen-bond acceptors (Lipinski definition) is 5. The molecule has 37 heavy (non-hydrogen) atoms. The summed E-state index contributed by atoms with van der Waals surface area (Å²) in [5, 5.41) is 6.97. The number of nitrogens with one attached hydrogen (secondary N) is 1. The second-order valence-corrected chi connectivity index (χ2v) is 12.0. The maximum atomic E-state index is 13.6. The number of anilines is 1. The molecule has 2 aromatic carbocycles. The van der Waals surface area contributed by atoms with Crippen LogP contribution in [0.5, 0.6) is 0 Å². The lowest BCUT2D eigenvalue weighted by atomic mass is 9.97. The van der Waals surface area contributed by atoms with Crippen molar-refractivity contribution >= 4 is 33.8 Å². The number of nitrogens with zero attached hydrogens (tertiary/aromatic N) is 2. The zero-order valence-electron chi connectivity index (χ0n) is 22.4. The molecule has 1 amide bonds. The molecule has 0 bridgehead atoms. The standard InChI is InChI=1S/C29H35N3O4S/c1-18-7-9-26(22(5)15-18)30-29(33)24-11-13-32(14-12-24)37(34,35)28-23(6)31-36-27(28)10-8-25-20(3)16-19(2)17-21(25)4/h7-10,15-17,24H,11-14H2,1-6H3,(H,30,33). The van der Waals surface area contributed by atoms with E-state index in [0.717, 1.165) is 33.5 Å². The van der Waals surface area contributed by atoms with Gasteiger partial charge in [0.1, 0.15) is 5.69 Å². The van der Waals surface area contributed by atoms with Gasteiger partial charge in [0.05, 0.1) is 0 Å². The highest BCUT2D eigenvalue weighted by Crippen LogP contribution is 2.30. The van der Waals surface area contributed by atoms with Crippen molar-refractivity contribution in [1.29, 1.82) is 0 Å². The van der Waals surface area contributed by atoms with Crippen molar-refractivity contribution in [3.8, 4) is 0 Å². The first-order chi connectivity index (χ1) is 17.5. The van der Waals surface area contributed by atoms with Gasteiger partial charge in [0.15, 0.2) is 10.7 Å². The zero-order chi connectivity index (χ0) is 26.9. The van der Waals surface area contributed by atoms with Crippen LogP contribution in [0.25, 0.3) is 12.2 Å². The van der Waals surface area contributed by atoms with Crippen LogP contribution in [0.3, 0.4) is 0 Å². The second-order valence-electron chi connectivity index (χ2n) is 10.1. The molecular formula is C29H35N3O4S. The van der Waals surface area contributed by atoms with Crippen molar-refractivity contribution in [1.82, 2.24) is 9.46 Å². The number of aryl methyl sites for hydroxylation is 6. The van der Waals surface area contributed by atoms with Gasteiger partial charge in [-0.1, -0.05) is 46.6 Å². The molecule has 7 nitrogen and oxygen atoms in total. The molecule has 0 atom stereocenters. The average molecular weight is 522 g/mol. The minimum atomic E-state index is -3.84. The summed E-state index contributed by atoms with van der Waals surface area (Å²) < 4.78 is 34.1. The smallest absolute Gasteiger partial charge is 0.248 e. The third-order valence-corrected chi connectivity index (χ3v) is 9.09. The molecule has 1 fully saturated rings. The van der Waals surface area contributed by atoms with Crippen LogP contribution in [0.2, 0.25) is 0 Å². The first kappa shape index (κ1) is 26.8. The minimum Gasteiger partial charge on any atom is -0.355 e. The van der Waals surface area contributed by atoms with Crippen molar-refractivity contribution in [2.75, 3.05) is 18.4 Å². The molecule has 8 heteroatoms. The summed E-state index contributed by atoms with van der Waals surface area (Å²) in [4.78, 5) is 13.0. The van der Waals surface area contributed by atoms with E-state index in [1.807, 2.05) is 58.9 Å². The molecule has 0 spiro atoms. The van der Waals surface area contributed by atoms with Gasteiger partial charge in [0, 0.05) is 24.7 Å². The summed E-state index contributed by atoms with van der Waals surface area (Å²) in [7, 11) is -3.84. The number of carbonyl (C=O) groups is 1. The Bertz CT molecular complexity index is 1440. The average Bonchev–Trinajstić information content (AvgIpc) is 3.21. The Morgan fingerprint density at radius 3 is 2.19 bits per heavy atom. The maximum absolute atomic E-state index is 13.6. The van der Waals surface area contributed by atoms with Crippen molar-refractivity contribution in [3.63, 3.8) is 0 Å². The van der Waals surface area contributed by atoms with E-state index in [0.29, 0.717) is 18.5 Å². The van der Waals surface area contributed by atoms with Gasteiger partial charge in [-0.25, -0.2) is 8.42 Å².